The molecule has 1 atom stereocenters. The van der Waals surface area contributed by atoms with E-state index in [2.05, 4.69) is 15.4 Å². The van der Waals surface area contributed by atoms with E-state index < -0.39 is 18.0 Å². The number of carbonyl (C=O) groups is 2. The van der Waals surface area contributed by atoms with Crippen LogP contribution in [0.15, 0.2) is 54.9 Å². The van der Waals surface area contributed by atoms with Crippen LogP contribution >= 0.6 is 11.6 Å². The van der Waals surface area contributed by atoms with Crippen molar-refractivity contribution in [3.63, 3.8) is 0 Å². The number of benzene rings is 1. The minimum atomic E-state index is -0.998. The smallest absolute Gasteiger partial charge is 0.338 e. The molecule has 0 unspecified atom stereocenters. The molecule has 0 saturated carbocycles. The molecule has 1 aromatic carbocycles. The molecule has 0 bridgehead atoms. The van der Waals surface area contributed by atoms with Crippen LogP contribution in [0.25, 0.3) is 5.69 Å². The predicted molar refractivity (Wildman–Crippen MR) is 101 cm³/mol. The van der Waals surface area contributed by atoms with E-state index in [1.807, 2.05) is 13.0 Å². The van der Waals surface area contributed by atoms with E-state index >= 15 is 0 Å². The number of esters is 1. The molecule has 3 aromatic rings. The number of carbonyl (C=O) groups excluding carboxylic acids is 2. The van der Waals surface area contributed by atoms with Gasteiger partial charge >= 0.3 is 5.97 Å². The van der Waals surface area contributed by atoms with Crippen LogP contribution in [0.5, 0.6) is 0 Å². The average molecular weight is 385 g/mol. The van der Waals surface area contributed by atoms with Crippen LogP contribution in [0.1, 0.15) is 23.0 Å². The summed E-state index contributed by atoms with van der Waals surface area (Å²) < 4.78 is 6.98. The average Bonchev–Trinajstić information content (AvgIpc) is 3.09. The summed E-state index contributed by atoms with van der Waals surface area (Å²) in [6.45, 7) is 3.42. The topological polar surface area (TPSA) is 86.1 Å². The number of halogens is 1. The highest BCUT2D eigenvalue weighted by molar-refractivity contribution is 6.32. The summed E-state index contributed by atoms with van der Waals surface area (Å²) in [4.78, 5) is 28.3. The lowest BCUT2D eigenvalue weighted by Crippen LogP contribution is -2.30. The number of nitrogens with zero attached hydrogens (tertiary/aromatic N) is 3. The van der Waals surface area contributed by atoms with Gasteiger partial charge < -0.3 is 10.1 Å². The molecule has 3 rings (SSSR count). The molecule has 0 aliphatic heterocycles. The maximum absolute atomic E-state index is 12.3. The normalized spacial score (nSPS) is 11.7. The van der Waals surface area contributed by atoms with Crippen molar-refractivity contribution in [1.29, 1.82) is 0 Å². The number of hydrogen-bond donors (Lipinski definition) is 1. The van der Waals surface area contributed by atoms with Crippen molar-refractivity contribution in [2.24, 2.45) is 0 Å². The minimum absolute atomic E-state index is 0.161. The van der Waals surface area contributed by atoms with E-state index in [-0.39, 0.29) is 5.15 Å². The second-order valence-corrected chi connectivity index (χ2v) is 6.17. The highest BCUT2D eigenvalue weighted by Gasteiger charge is 2.20. The summed E-state index contributed by atoms with van der Waals surface area (Å²) in [5.41, 5.74) is 2.49. The fraction of sp³-hybridized carbons (Fsp3) is 0.158. The predicted octanol–water partition coefficient (Wildman–Crippen LogP) is 3.41. The van der Waals surface area contributed by atoms with Gasteiger partial charge in [0.2, 0.25) is 0 Å². The summed E-state index contributed by atoms with van der Waals surface area (Å²) in [5, 5.41) is 6.95. The molecule has 0 aliphatic rings. The van der Waals surface area contributed by atoms with Crippen LogP contribution in [0.4, 0.5) is 5.69 Å². The van der Waals surface area contributed by atoms with Crippen molar-refractivity contribution in [1.82, 2.24) is 14.8 Å². The van der Waals surface area contributed by atoms with Gasteiger partial charge in [0.1, 0.15) is 0 Å². The van der Waals surface area contributed by atoms with Gasteiger partial charge in [0, 0.05) is 18.1 Å². The summed E-state index contributed by atoms with van der Waals surface area (Å²) in [7, 11) is 0. The molecular formula is C19H17ClN4O3. The number of nitrogens with one attached hydrogen (secondary N) is 1. The standard InChI is InChI=1S/C19H17ClN4O3/c1-12-9-11-22-24(12)15-7-5-14(6-8-15)19(26)27-13(2)18(25)23-16-4-3-10-21-17(16)20/h3-11,13H,1-2H3,(H,23,25)/t13-/m1/s1. The van der Waals surface area contributed by atoms with Gasteiger partial charge in [-0.1, -0.05) is 11.6 Å². The zero-order chi connectivity index (χ0) is 19.4. The molecule has 27 heavy (non-hydrogen) atoms. The maximum Gasteiger partial charge on any atom is 0.338 e. The van der Waals surface area contributed by atoms with Crippen molar-refractivity contribution < 1.29 is 14.3 Å². The number of amides is 1. The van der Waals surface area contributed by atoms with Gasteiger partial charge in [-0.2, -0.15) is 5.10 Å². The molecule has 138 valence electrons. The number of pyridine rings is 1. The zero-order valence-electron chi connectivity index (χ0n) is 14.7. The Kier molecular flexibility index (Phi) is 5.52. The Bertz CT molecular complexity index is 969. The van der Waals surface area contributed by atoms with Crippen molar-refractivity contribution in [2.75, 3.05) is 5.32 Å². The van der Waals surface area contributed by atoms with Crippen molar-refractivity contribution in [3.8, 4) is 5.69 Å². The van der Waals surface area contributed by atoms with Crippen LogP contribution in [-0.4, -0.2) is 32.7 Å². The molecule has 1 amide bonds. The number of hydrogen-bond acceptors (Lipinski definition) is 5. The first kappa shape index (κ1) is 18.6. The summed E-state index contributed by atoms with van der Waals surface area (Å²) >= 11 is 5.90. The molecule has 2 aromatic heterocycles. The van der Waals surface area contributed by atoms with Gasteiger partial charge in [-0.05, 0) is 56.3 Å². The number of aryl methyl sites for hydroxylation is 1. The van der Waals surface area contributed by atoms with E-state index in [9.17, 15) is 9.59 Å². The molecule has 1 N–H and O–H groups in total. The third-order valence-corrected chi connectivity index (χ3v) is 4.15. The second-order valence-electron chi connectivity index (χ2n) is 5.81. The van der Waals surface area contributed by atoms with Gasteiger partial charge in [0.25, 0.3) is 5.91 Å². The molecule has 7 nitrogen and oxygen atoms in total. The van der Waals surface area contributed by atoms with E-state index in [4.69, 9.17) is 16.3 Å². The van der Waals surface area contributed by atoms with E-state index in [0.717, 1.165) is 11.4 Å². The molecule has 0 fully saturated rings. The summed E-state index contributed by atoms with van der Waals surface area (Å²) in [6, 6.07) is 11.9. The number of rotatable bonds is 5. The van der Waals surface area contributed by atoms with Gasteiger partial charge in [-0.3, -0.25) is 4.79 Å². The molecule has 0 spiro atoms. The quantitative estimate of drug-likeness (QED) is 0.538. The summed E-state index contributed by atoms with van der Waals surface area (Å²) in [5.74, 6) is -1.10. The molecule has 0 saturated heterocycles. The van der Waals surface area contributed by atoms with Crippen LogP contribution in [0.3, 0.4) is 0 Å². The molecular weight excluding hydrogens is 368 g/mol. The van der Waals surface area contributed by atoms with Crippen molar-refractivity contribution in [2.45, 2.75) is 20.0 Å². The SMILES string of the molecule is Cc1ccnn1-c1ccc(C(=O)O[C@H](C)C(=O)Nc2cccnc2Cl)cc1. The Balaban J connectivity index is 1.63. The van der Waals surface area contributed by atoms with E-state index in [0.29, 0.717) is 11.3 Å². The second kappa shape index (κ2) is 8.01. The third kappa shape index (κ3) is 4.32. The highest BCUT2D eigenvalue weighted by atomic mass is 35.5. The fourth-order valence-corrected chi connectivity index (χ4v) is 2.54. The first-order valence-electron chi connectivity index (χ1n) is 8.19. The highest BCUT2D eigenvalue weighted by Crippen LogP contribution is 2.18. The van der Waals surface area contributed by atoms with Crippen molar-refractivity contribution in [3.05, 3.63) is 71.3 Å². The zero-order valence-corrected chi connectivity index (χ0v) is 15.5. The fourth-order valence-electron chi connectivity index (χ4n) is 2.37. The van der Waals surface area contributed by atoms with Crippen molar-refractivity contribution >= 4 is 29.2 Å². The number of aromatic nitrogens is 3. The van der Waals surface area contributed by atoms with E-state index in [1.54, 1.807) is 47.3 Å². The Hall–Kier alpha value is -3.19. The molecule has 0 radical (unpaired) electrons. The van der Waals surface area contributed by atoms with Gasteiger partial charge in [-0.25, -0.2) is 14.5 Å². The monoisotopic (exact) mass is 384 g/mol. The largest absolute Gasteiger partial charge is 0.449 e. The lowest BCUT2D eigenvalue weighted by molar-refractivity contribution is -0.123. The van der Waals surface area contributed by atoms with Crippen LogP contribution in [0.2, 0.25) is 5.15 Å². The lowest BCUT2D eigenvalue weighted by atomic mass is 10.2. The molecule has 8 heteroatoms. The Morgan fingerprint density at radius 2 is 1.89 bits per heavy atom. The van der Waals surface area contributed by atoms with E-state index in [1.165, 1.54) is 13.1 Å². The maximum atomic E-state index is 12.3. The minimum Gasteiger partial charge on any atom is -0.449 e. The third-order valence-electron chi connectivity index (χ3n) is 3.85. The summed E-state index contributed by atoms with van der Waals surface area (Å²) in [6.07, 6.45) is 2.21. The van der Waals surface area contributed by atoms with Crippen LogP contribution in [-0.2, 0) is 9.53 Å². The Morgan fingerprint density at radius 1 is 1.15 bits per heavy atom. The number of ether oxygens (including phenoxy) is 1. The lowest BCUT2D eigenvalue weighted by Gasteiger charge is -2.14. The van der Waals surface area contributed by atoms with Crippen LogP contribution < -0.4 is 5.32 Å². The molecule has 0 aliphatic carbocycles. The Labute approximate surface area is 160 Å². The van der Waals surface area contributed by atoms with Crippen LogP contribution in [0, 0.1) is 6.92 Å². The Morgan fingerprint density at radius 3 is 2.52 bits per heavy atom. The number of anilines is 1. The van der Waals surface area contributed by atoms with Gasteiger partial charge in [0.15, 0.2) is 11.3 Å². The van der Waals surface area contributed by atoms with Gasteiger partial charge in [0.05, 0.1) is 16.9 Å². The first-order valence-corrected chi connectivity index (χ1v) is 8.57. The van der Waals surface area contributed by atoms with Gasteiger partial charge in [-0.15, -0.1) is 0 Å². The first-order chi connectivity index (χ1) is 13.0. The molecule has 2 heterocycles.